The third-order valence-corrected chi connectivity index (χ3v) is 7.33. The predicted molar refractivity (Wildman–Crippen MR) is 115 cm³/mol. The maximum Gasteiger partial charge on any atom is 0.337 e. The summed E-state index contributed by atoms with van der Waals surface area (Å²) in [6, 6.07) is 7.49. The fraction of sp³-hybridized carbons (Fsp3) is 0.455. The number of hydrazine groups is 1. The lowest BCUT2D eigenvalue weighted by molar-refractivity contribution is -0.119. The van der Waals surface area contributed by atoms with Crippen molar-refractivity contribution >= 4 is 28.9 Å². The molecule has 2 aliphatic rings. The first kappa shape index (κ1) is 20.1. The molecule has 4 N–H and O–H groups in total. The van der Waals surface area contributed by atoms with Crippen LogP contribution in [0, 0.1) is 11.3 Å². The molecule has 0 unspecified atom stereocenters. The number of hydrogen-bond acceptors (Lipinski definition) is 5. The molecule has 1 amide bonds. The highest BCUT2D eigenvalue weighted by molar-refractivity contribution is 7.16. The SMILES string of the molecule is CC1(C)CCc2sc(-c3ccccc3NC(=O)[C@H]3CCN(N)C3)c(C(=O)O)c2C1. The van der Waals surface area contributed by atoms with Crippen LogP contribution in [-0.4, -0.2) is 35.1 Å². The van der Waals surface area contributed by atoms with Gasteiger partial charge in [0.25, 0.3) is 0 Å². The van der Waals surface area contributed by atoms with Gasteiger partial charge in [-0.3, -0.25) is 10.6 Å². The third kappa shape index (κ3) is 3.95. The number of carboxylic acids is 1. The number of aromatic carboxylic acids is 1. The fourth-order valence-corrected chi connectivity index (χ4v) is 5.71. The number of thiophene rings is 1. The normalized spacial score (nSPS) is 21.0. The molecule has 0 bridgehead atoms. The number of nitrogens with one attached hydrogen (secondary N) is 1. The van der Waals surface area contributed by atoms with E-state index in [1.807, 2.05) is 24.3 Å². The van der Waals surface area contributed by atoms with Crippen LogP contribution in [0.3, 0.4) is 0 Å². The molecule has 154 valence electrons. The molecule has 1 aromatic heterocycles. The van der Waals surface area contributed by atoms with Crippen molar-refractivity contribution in [2.24, 2.45) is 17.2 Å². The number of fused-ring (bicyclic) bond motifs is 1. The first-order valence-corrected chi connectivity index (χ1v) is 10.8. The molecule has 0 saturated carbocycles. The van der Waals surface area contributed by atoms with Crippen molar-refractivity contribution in [1.82, 2.24) is 5.01 Å². The molecule has 2 heterocycles. The highest BCUT2D eigenvalue weighted by Gasteiger charge is 2.34. The summed E-state index contributed by atoms with van der Waals surface area (Å²) < 4.78 is 0. The van der Waals surface area contributed by atoms with Crippen LogP contribution in [0.5, 0.6) is 0 Å². The van der Waals surface area contributed by atoms with Crippen molar-refractivity contribution in [1.29, 1.82) is 0 Å². The van der Waals surface area contributed by atoms with Crippen molar-refractivity contribution < 1.29 is 14.7 Å². The molecule has 7 heteroatoms. The standard InChI is InChI=1S/C22H27N3O3S/c1-22(2)9-7-17-15(11-22)18(21(27)28)19(29-17)14-5-3-4-6-16(14)24-20(26)13-8-10-25(23)12-13/h3-6,13H,7-12,23H2,1-2H3,(H,24,26)(H,27,28)/t13-/m0/s1. The van der Waals surface area contributed by atoms with Gasteiger partial charge in [-0.25, -0.2) is 9.80 Å². The van der Waals surface area contributed by atoms with Crippen molar-refractivity contribution in [2.75, 3.05) is 18.4 Å². The number of nitrogens with zero attached hydrogens (tertiary/aromatic N) is 1. The van der Waals surface area contributed by atoms with E-state index in [2.05, 4.69) is 19.2 Å². The summed E-state index contributed by atoms with van der Waals surface area (Å²) >= 11 is 1.56. The number of carboxylic acid groups (broad SMARTS) is 1. The summed E-state index contributed by atoms with van der Waals surface area (Å²) in [5.41, 5.74) is 2.89. The Hall–Kier alpha value is -2.22. The van der Waals surface area contributed by atoms with E-state index in [1.54, 1.807) is 16.3 Å². The molecule has 1 aromatic carbocycles. The maximum atomic E-state index is 12.7. The lowest BCUT2D eigenvalue weighted by atomic mass is 9.76. The molecule has 1 aliphatic carbocycles. The van der Waals surface area contributed by atoms with Crippen molar-refractivity contribution in [3.05, 3.63) is 40.3 Å². The molecule has 4 rings (SSSR count). The lowest BCUT2D eigenvalue weighted by Crippen LogP contribution is -2.31. The van der Waals surface area contributed by atoms with Crippen molar-refractivity contribution in [3.8, 4) is 10.4 Å². The van der Waals surface area contributed by atoms with Gasteiger partial charge in [0, 0.05) is 29.2 Å². The number of amides is 1. The van der Waals surface area contributed by atoms with E-state index in [0.29, 0.717) is 24.3 Å². The smallest absolute Gasteiger partial charge is 0.337 e. The summed E-state index contributed by atoms with van der Waals surface area (Å²) in [6.45, 7) is 5.62. The van der Waals surface area contributed by atoms with Gasteiger partial charge in [0.1, 0.15) is 0 Å². The minimum atomic E-state index is -0.897. The minimum Gasteiger partial charge on any atom is -0.478 e. The van der Waals surface area contributed by atoms with Crippen molar-refractivity contribution in [3.63, 3.8) is 0 Å². The minimum absolute atomic E-state index is 0.0651. The number of benzene rings is 1. The number of carbonyl (C=O) groups excluding carboxylic acids is 1. The second-order valence-corrected chi connectivity index (χ2v) is 9.97. The van der Waals surface area contributed by atoms with Gasteiger partial charge in [0.2, 0.25) is 5.91 Å². The third-order valence-electron chi connectivity index (χ3n) is 6.01. The average molecular weight is 414 g/mol. The molecule has 1 aliphatic heterocycles. The van der Waals surface area contributed by atoms with Gasteiger partial charge in [-0.2, -0.15) is 0 Å². The Balaban J connectivity index is 1.72. The topological polar surface area (TPSA) is 95.7 Å². The summed E-state index contributed by atoms with van der Waals surface area (Å²) in [7, 11) is 0. The van der Waals surface area contributed by atoms with Gasteiger partial charge in [-0.15, -0.1) is 11.3 Å². The highest BCUT2D eigenvalue weighted by atomic mass is 32.1. The Morgan fingerprint density at radius 3 is 2.76 bits per heavy atom. The van der Waals surface area contributed by atoms with Gasteiger partial charge >= 0.3 is 5.97 Å². The molecule has 0 radical (unpaired) electrons. The second kappa shape index (κ2) is 7.55. The molecule has 1 saturated heterocycles. The summed E-state index contributed by atoms with van der Waals surface area (Å²) in [5.74, 6) is 4.69. The Morgan fingerprint density at radius 1 is 1.31 bits per heavy atom. The largest absolute Gasteiger partial charge is 0.478 e. The Bertz CT molecular complexity index is 966. The predicted octanol–water partition coefficient (Wildman–Crippen LogP) is 3.76. The zero-order valence-electron chi connectivity index (χ0n) is 16.8. The van der Waals surface area contributed by atoms with E-state index < -0.39 is 5.97 Å². The van der Waals surface area contributed by atoms with E-state index in [0.717, 1.165) is 46.6 Å². The van der Waals surface area contributed by atoms with E-state index in [-0.39, 0.29) is 17.2 Å². The number of hydrogen-bond donors (Lipinski definition) is 3. The Labute approximate surface area is 174 Å². The molecule has 1 atom stereocenters. The zero-order chi connectivity index (χ0) is 20.8. The van der Waals surface area contributed by atoms with Gasteiger partial charge < -0.3 is 10.4 Å². The van der Waals surface area contributed by atoms with Crippen LogP contribution in [-0.2, 0) is 17.6 Å². The van der Waals surface area contributed by atoms with Crippen LogP contribution in [0.2, 0.25) is 0 Å². The van der Waals surface area contributed by atoms with Gasteiger partial charge in [-0.05, 0) is 42.7 Å². The Morgan fingerprint density at radius 2 is 2.07 bits per heavy atom. The monoisotopic (exact) mass is 413 g/mol. The van der Waals surface area contributed by atoms with Crippen LogP contribution < -0.4 is 11.2 Å². The van der Waals surface area contributed by atoms with E-state index >= 15 is 0 Å². The summed E-state index contributed by atoms with van der Waals surface area (Å²) in [5, 5.41) is 14.7. The second-order valence-electron chi connectivity index (χ2n) is 8.87. The average Bonchev–Trinajstić information content (AvgIpc) is 3.24. The molecular formula is C22H27N3O3S. The highest BCUT2D eigenvalue weighted by Crippen LogP contribution is 2.46. The van der Waals surface area contributed by atoms with Crippen molar-refractivity contribution in [2.45, 2.75) is 39.5 Å². The molecule has 29 heavy (non-hydrogen) atoms. The molecule has 1 fully saturated rings. The van der Waals surface area contributed by atoms with E-state index in [4.69, 9.17) is 5.84 Å². The number of anilines is 1. The van der Waals surface area contributed by atoms with Gasteiger partial charge in [0.15, 0.2) is 0 Å². The number of rotatable bonds is 4. The zero-order valence-corrected chi connectivity index (χ0v) is 17.6. The molecule has 0 spiro atoms. The lowest BCUT2D eigenvalue weighted by Gasteiger charge is -2.29. The molecular weight excluding hydrogens is 386 g/mol. The van der Waals surface area contributed by atoms with Crippen LogP contribution in [0.25, 0.3) is 10.4 Å². The van der Waals surface area contributed by atoms with Crippen LogP contribution in [0.1, 0.15) is 47.5 Å². The van der Waals surface area contributed by atoms with E-state index in [9.17, 15) is 14.7 Å². The summed E-state index contributed by atoms with van der Waals surface area (Å²) in [6.07, 6.45) is 3.45. The molecule has 6 nitrogen and oxygen atoms in total. The van der Waals surface area contributed by atoms with Gasteiger partial charge in [0.05, 0.1) is 16.4 Å². The fourth-order valence-electron chi connectivity index (χ4n) is 4.36. The number of carbonyl (C=O) groups is 2. The number of nitrogens with two attached hydrogens (primary N) is 1. The summed E-state index contributed by atoms with van der Waals surface area (Å²) in [4.78, 5) is 26.9. The quantitative estimate of drug-likeness (QED) is 0.663. The van der Waals surface area contributed by atoms with Crippen LogP contribution >= 0.6 is 11.3 Å². The first-order chi connectivity index (χ1) is 13.7. The maximum absolute atomic E-state index is 12.7. The number of aryl methyl sites for hydroxylation is 1. The number of para-hydroxylation sites is 1. The Kier molecular flexibility index (Phi) is 5.23. The molecule has 2 aromatic rings. The van der Waals surface area contributed by atoms with Crippen LogP contribution in [0.15, 0.2) is 24.3 Å². The van der Waals surface area contributed by atoms with E-state index in [1.165, 1.54) is 0 Å². The van der Waals surface area contributed by atoms with Gasteiger partial charge in [-0.1, -0.05) is 32.0 Å². The van der Waals surface area contributed by atoms with Crippen LogP contribution in [0.4, 0.5) is 5.69 Å². The first-order valence-electron chi connectivity index (χ1n) is 10.0.